The highest BCUT2D eigenvalue weighted by atomic mass is 19.1. The molecule has 1 N–H and O–H groups in total. The van der Waals surface area contributed by atoms with E-state index in [2.05, 4.69) is 34.5 Å². The standard InChI is InChI=1S/C19H23FN2O/c1-14-6-9-16(13-18(14)20)19(23)21-12-4-5-15-7-10-17(11-8-15)22(2)3/h6-11,13H,4-5,12H2,1-3H3,(H,21,23). The summed E-state index contributed by atoms with van der Waals surface area (Å²) >= 11 is 0. The highest BCUT2D eigenvalue weighted by Crippen LogP contribution is 2.13. The van der Waals surface area contributed by atoms with E-state index in [0.29, 0.717) is 17.7 Å². The molecule has 0 aromatic heterocycles. The summed E-state index contributed by atoms with van der Waals surface area (Å²) in [6.07, 6.45) is 1.75. The first-order chi connectivity index (χ1) is 11.0. The molecule has 0 aliphatic rings. The first-order valence-electron chi connectivity index (χ1n) is 7.78. The topological polar surface area (TPSA) is 32.3 Å². The molecular weight excluding hydrogens is 291 g/mol. The Morgan fingerprint density at radius 3 is 2.43 bits per heavy atom. The second kappa shape index (κ2) is 7.77. The minimum absolute atomic E-state index is 0.230. The molecule has 4 heteroatoms. The predicted molar refractivity (Wildman–Crippen MR) is 92.6 cm³/mol. The van der Waals surface area contributed by atoms with Gasteiger partial charge < -0.3 is 10.2 Å². The molecule has 0 atom stereocenters. The van der Waals surface area contributed by atoms with E-state index in [1.807, 2.05) is 14.1 Å². The Bertz CT molecular complexity index is 666. The van der Waals surface area contributed by atoms with E-state index in [-0.39, 0.29) is 11.7 Å². The largest absolute Gasteiger partial charge is 0.378 e. The summed E-state index contributed by atoms with van der Waals surface area (Å²) in [6, 6.07) is 12.9. The molecule has 2 rings (SSSR count). The lowest BCUT2D eigenvalue weighted by atomic mass is 10.1. The molecule has 0 fully saturated rings. The average Bonchev–Trinajstić information content (AvgIpc) is 2.54. The van der Waals surface area contributed by atoms with Crippen LogP contribution in [0.2, 0.25) is 0 Å². The van der Waals surface area contributed by atoms with Gasteiger partial charge in [0.15, 0.2) is 0 Å². The van der Waals surface area contributed by atoms with Gasteiger partial charge in [-0.25, -0.2) is 4.39 Å². The lowest BCUT2D eigenvalue weighted by Crippen LogP contribution is -2.24. The first kappa shape index (κ1) is 17.0. The van der Waals surface area contributed by atoms with E-state index in [4.69, 9.17) is 0 Å². The van der Waals surface area contributed by atoms with Crippen LogP contribution in [-0.2, 0) is 6.42 Å². The quantitative estimate of drug-likeness (QED) is 0.827. The zero-order valence-electron chi connectivity index (χ0n) is 13.9. The summed E-state index contributed by atoms with van der Waals surface area (Å²) in [4.78, 5) is 14.0. The van der Waals surface area contributed by atoms with E-state index in [1.165, 1.54) is 17.3 Å². The first-order valence-corrected chi connectivity index (χ1v) is 7.78. The highest BCUT2D eigenvalue weighted by molar-refractivity contribution is 5.94. The molecule has 0 unspecified atom stereocenters. The number of rotatable bonds is 6. The molecule has 0 radical (unpaired) electrons. The van der Waals surface area contributed by atoms with Gasteiger partial charge in [0.05, 0.1) is 0 Å². The van der Waals surface area contributed by atoms with Crippen molar-refractivity contribution in [2.45, 2.75) is 19.8 Å². The van der Waals surface area contributed by atoms with Crippen molar-refractivity contribution in [1.82, 2.24) is 5.32 Å². The number of nitrogens with zero attached hydrogens (tertiary/aromatic N) is 1. The van der Waals surface area contributed by atoms with Crippen molar-refractivity contribution in [2.24, 2.45) is 0 Å². The molecule has 0 aliphatic heterocycles. The predicted octanol–water partition coefficient (Wildman–Crippen LogP) is 3.56. The fourth-order valence-electron chi connectivity index (χ4n) is 2.29. The Morgan fingerprint density at radius 2 is 1.83 bits per heavy atom. The van der Waals surface area contributed by atoms with E-state index >= 15 is 0 Å². The normalized spacial score (nSPS) is 10.4. The number of carbonyl (C=O) groups is 1. The smallest absolute Gasteiger partial charge is 0.251 e. The molecule has 3 nitrogen and oxygen atoms in total. The Hall–Kier alpha value is -2.36. The van der Waals surface area contributed by atoms with Gasteiger partial charge in [-0.05, 0) is 55.2 Å². The number of benzene rings is 2. The number of carbonyl (C=O) groups excluding carboxylic acids is 1. The van der Waals surface area contributed by atoms with Crippen LogP contribution in [0.25, 0.3) is 0 Å². The third kappa shape index (κ3) is 4.81. The van der Waals surface area contributed by atoms with Crippen LogP contribution >= 0.6 is 0 Å². The van der Waals surface area contributed by atoms with Crippen LogP contribution in [0.3, 0.4) is 0 Å². The van der Waals surface area contributed by atoms with Gasteiger partial charge in [0, 0.05) is 31.9 Å². The lowest BCUT2D eigenvalue weighted by molar-refractivity contribution is 0.0952. The van der Waals surface area contributed by atoms with Crippen molar-refractivity contribution in [3.05, 3.63) is 65.0 Å². The molecule has 0 bridgehead atoms. The maximum Gasteiger partial charge on any atom is 0.251 e. The van der Waals surface area contributed by atoms with Crippen LogP contribution in [0, 0.1) is 12.7 Å². The number of amides is 1. The molecule has 0 saturated heterocycles. The van der Waals surface area contributed by atoms with E-state index < -0.39 is 0 Å². The zero-order chi connectivity index (χ0) is 16.8. The summed E-state index contributed by atoms with van der Waals surface area (Å²) in [5.41, 5.74) is 3.32. The maximum absolute atomic E-state index is 13.5. The van der Waals surface area contributed by atoms with E-state index in [0.717, 1.165) is 12.8 Å². The molecular formula is C19H23FN2O. The van der Waals surface area contributed by atoms with Gasteiger partial charge in [0.2, 0.25) is 0 Å². The van der Waals surface area contributed by atoms with Crippen LogP contribution in [0.4, 0.5) is 10.1 Å². The van der Waals surface area contributed by atoms with Crippen LogP contribution in [0.1, 0.15) is 27.9 Å². The van der Waals surface area contributed by atoms with Gasteiger partial charge in [0.25, 0.3) is 5.91 Å². The number of halogens is 1. The number of nitrogens with one attached hydrogen (secondary N) is 1. The van der Waals surface area contributed by atoms with Crippen LogP contribution in [0.15, 0.2) is 42.5 Å². The monoisotopic (exact) mass is 314 g/mol. The van der Waals surface area contributed by atoms with E-state index in [1.54, 1.807) is 19.1 Å². The van der Waals surface area contributed by atoms with Gasteiger partial charge in [0.1, 0.15) is 5.82 Å². The molecule has 2 aromatic carbocycles. The minimum Gasteiger partial charge on any atom is -0.378 e. The molecule has 1 amide bonds. The third-order valence-electron chi connectivity index (χ3n) is 3.81. The Balaban J connectivity index is 1.78. The van der Waals surface area contributed by atoms with Gasteiger partial charge in [-0.3, -0.25) is 4.79 Å². The molecule has 0 aliphatic carbocycles. The van der Waals surface area contributed by atoms with Crippen molar-refractivity contribution >= 4 is 11.6 Å². The van der Waals surface area contributed by atoms with Crippen molar-refractivity contribution < 1.29 is 9.18 Å². The summed E-state index contributed by atoms with van der Waals surface area (Å²) in [6.45, 7) is 2.25. The fraction of sp³-hybridized carbons (Fsp3) is 0.316. The van der Waals surface area contributed by atoms with Crippen molar-refractivity contribution in [3.8, 4) is 0 Å². The van der Waals surface area contributed by atoms with Gasteiger partial charge in [-0.2, -0.15) is 0 Å². The lowest BCUT2D eigenvalue weighted by Gasteiger charge is -2.12. The minimum atomic E-state index is -0.348. The highest BCUT2D eigenvalue weighted by Gasteiger charge is 2.07. The molecule has 0 spiro atoms. The van der Waals surface area contributed by atoms with Gasteiger partial charge in [-0.15, -0.1) is 0 Å². The van der Waals surface area contributed by atoms with Crippen molar-refractivity contribution in [2.75, 3.05) is 25.5 Å². The maximum atomic E-state index is 13.5. The van der Waals surface area contributed by atoms with Gasteiger partial charge >= 0.3 is 0 Å². The molecule has 2 aromatic rings. The summed E-state index contributed by atoms with van der Waals surface area (Å²) in [5, 5.41) is 2.83. The Kier molecular flexibility index (Phi) is 5.74. The average molecular weight is 314 g/mol. The molecule has 0 heterocycles. The third-order valence-corrected chi connectivity index (χ3v) is 3.81. The second-order valence-electron chi connectivity index (χ2n) is 5.88. The van der Waals surface area contributed by atoms with E-state index in [9.17, 15) is 9.18 Å². The van der Waals surface area contributed by atoms with Crippen molar-refractivity contribution in [3.63, 3.8) is 0 Å². The SMILES string of the molecule is Cc1ccc(C(=O)NCCCc2ccc(N(C)C)cc2)cc1F. The van der Waals surface area contributed by atoms with Crippen molar-refractivity contribution in [1.29, 1.82) is 0 Å². The summed E-state index contributed by atoms with van der Waals surface area (Å²) in [7, 11) is 4.02. The second-order valence-corrected chi connectivity index (χ2v) is 5.88. The molecule has 0 saturated carbocycles. The Morgan fingerprint density at radius 1 is 1.13 bits per heavy atom. The number of aryl methyl sites for hydroxylation is 2. The summed E-state index contributed by atoms with van der Waals surface area (Å²) in [5.74, 6) is -0.578. The number of hydrogen-bond acceptors (Lipinski definition) is 2. The molecule has 23 heavy (non-hydrogen) atoms. The fourth-order valence-corrected chi connectivity index (χ4v) is 2.29. The van der Waals surface area contributed by atoms with Gasteiger partial charge in [-0.1, -0.05) is 18.2 Å². The number of hydrogen-bond donors (Lipinski definition) is 1. The van der Waals surface area contributed by atoms with Crippen LogP contribution in [0.5, 0.6) is 0 Å². The van der Waals surface area contributed by atoms with Crippen LogP contribution in [-0.4, -0.2) is 26.5 Å². The van der Waals surface area contributed by atoms with Crippen LogP contribution < -0.4 is 10.2 Å². The molecule has 122 valence electrons. The number of anilines is 1. The Labute approximate surface area is 137 Å². The summed E-state index contributed by atoms with van der Waals surface area (Å²) < 4.78 is 13.5. The zero-order valence-corrected chi connectivity index (χ0v) is 13.9.